The first-order valence-electron chi connectivity index (χ1n) is 7.28. The molecular weight excluding hydrogens is 326 g/mol. The molecule has 1 amide bonds. The topological polar surface area (TPSA) is 68.0 Å². The molecule has 0 aliphatic carbocycles. The molecule has 0 aliphatic heterocycles. The highest BCUT2D eigenvalue weighted by molar-refractivity contribution is 6.32. The standard InChI is InChI=1S/C18H14ClN3O2/c19-14-5-2-1-4-13(14)7-8-17(23)22-12-15-18(21-10-9-20-15)16-6-3-11-24-16/h1-11H,12H2,(H,22,23). The van der Waals surface area contributed by atoms with Crippen molar-refractivity contribution in [3.05, 3.63) is 77.4 Å². The second-order valence-corrected chi connectivity index (χ2v) is 5.31. The number of hydrogen-bond acceptors (Lipinski definition) is 4. The quantitative estimate of drug-likeness (QED) is 0.719. The molecule has 0 radical (unpaired) electrons. The molecule has 1 N–H and O–H groups in total. The van der Waals surface area contributed by atoms with Gasteiger partial charge in [-0.1, -0.05) is 29.8 Å². The maximum absolute atomic E-state index is 12.0. The fraction of sp³-hybridized carbons (Fsp3) is 0.0556. The Labute approximate surface area is 144 Å². The molecule has 0 fully saturated rings. The van der Waals surface area contributed by atoms with Crippen molar-refractivity contribution in [3.63, 3.8) is 0 Å². The molecule has 0 spiro atoms. The normalized spacial score (nSPS) is 10.9. The van der Waals surface area contributed by atoms with Crippen molar-refractivity contribution in [2.45, 2.75) is 6.54 Å². The van der Waals surface area contributed by atoms with Gasteiger partial charge in [-0.3, -0.25) is 9.78 Å². The number of carbonyl (C=O) groups is 1. The summed E-state index contributed by atoms with van der Waals surface area (Å²) in [4.78, 5) is 20.5. The Morgan fingerprint density at radius 2 is 2.00 bits per heavy atom. The molecule has 1 aromatic carbocycles. The second kappa shape index (κ2) is 7.57. The van der Waals surface area contributed by atoms with Crippen LogP contribution in [0.1, 0.15) is 11.3 Å². The summed E-state index contributed by atoms with van der Waals surface area (Å²) in [6.45, 7) is 0.246. The molecule has 5 nitrogen and oxygen atoms in total. The van der Waals surface area contributed by atoms with Crippen LogP contribution in [-0.4, -0.2) is 15.9 Å². The first kappa shape index (κ1) is 16.0. The van der Waals surface area contributed by atoms with Crippen LogP contribution in [0.4, 0.5) is 0 Å². The third kappa shape index (κ3) is 3.88. The summed E-state index contributed by atoms with van der Waals surface area (Å²) >= 11 is 6.05. The third-order valence-corrected chi connectivity index (χ3v) is 3.62. The number of carbonyl (C=O) groups excluding carboxylic acids is 1. The molecule has 120 valence electrons. The summed E-state index contributed by atoms with van der Waals surface area (Å²) in [5.74, 6) is 0.366. The summed E-state index contributed by atoms with van der Waals surface area (Å²) in [7, 11) is 0. The van der Waals surface area contributed by atoms with Crippen LogP contribution in [-0.2, 0) is 11.3 Å². The summed E-state index contributed by atoms with van der Waals surface area (Å²) in [6, 6.07) is 10.9. The highest BCUT2D eigenvalue weighted by Crippen LogP contribution is 2.20. The molecule has 6 heteroatoms. The van der Waals surface area contributed by atoms with Gasteiger partial charge in [0, 0.05) is 23.5 Å². The molecule has 0 saturated carbocycles. The third-order valence-electron chi connectivity index (χ3n) is 3.28. The Kier molecular flexibility index (Phi) is 5.03. The predicted octanol–water partition coefficient (Wildman–Crippen LogP) is 3.72. The monoisotopic (exact) mass is 339 g/mol. The van der Waals surface area contributed by atoms with E-state index in [-0.39, 0.29) is 12.5 Å². The molecule has 2 heterocycles. The number of aromatic nitrogens is 2. The lowest BCUT2D eigenvalue weighted by Gasteiger charge is -2.05. The fourth-order valence-electron chi connectivity index (χ4n) is 2.12. The number of furan rings is 1. The smallest absolute Gasteiger partial charge is 0.244 e. The number of nitrogens with one attached hydrogen (secondary N) is 1. The van der Waals surface area contributed by atoms with Crippen LogP contribution in [0, 0.1) is 0 Å². The summed E-state index contributed by atoms with van der Waals surface area (Å²) in [5, 5.41) is 3.37. The van der Waals surface area contributed by atoms with Gasteiger partial charge < -0.3 is 9.73 Å². The second-order valence-electron chi connectivity index (χ2n) is 4.90. The van der Waals surface area contributed by atoms with Crippen molar-refractivity contribution >= 4 is 23.6 Å². The number of nitrogens with zero attached hydrogens (tertiary/aromatic N) is 2. The molecular formula is C18H14ClN3O2. The Balaban J connectivity index is 1.66. The van der Waals surface area contributed by atoms with Crippen LogP contribution in [0.2, 0.25) is 5.02 Å². The van der Waals surface area contributed by atoms with Crippen molar-refractivity contribution < 1.29 is 9.21 Å². The zero-order valence-electron chi connectivity index (χ0n) is 12.6. The molecule has 2 aromatic heterocycles. The van der Waals surface area contributed by atoms with Crippen molar-refractivity contribution in [2.24, 2.45) is 0 Å². The highest BCUT2D eigenvalue weighted by atomic mass is 35.5. The lowest BCUT2D eigenvalue weighted by Crippen LogP contribution is -2.21. The van der Waals surface area contributed by atoms with Crippen molar-refractivity contribution in [3.8, 4) is 11.5 Å². The first-order chi connectivity index (χ1) is 11.7. The number of halogens is 1. The Morgan fingerprint density at radius 3 is 2.79 bits per heavy atom. The van der Waals surface area contributed by atoms with E-state index in [9.17, 15) is 4.79 Å². The van der Waals surface area contributed by atoms with Gasteiger partial charge in [0.05, 0.1) is 18.5 Å². The van der Waals surface area contributed by atoms with Gasteiger partial charge >= 0.3 is 0 Å². The first-order valence-corrected chi connectivity index (χ1v) is 7.66. The van der Waals surface area contributed by atoms with Gasteiger partial charge in [-0.05, 0) is 29.8 Å². The van der Waals surface area contributed by atoms with E-state index in [1.807, 2.05) is 18.2 Å². The zero-order chi connectivity index (χ0) is 16.8. The molecule has 0 unspecified atom stereocenters. The molecule has 0 aliphatic rings. The van der Waals surface area contributed by atoms with Crippen molar-refractivity contribution in [1.82, 2.24) is 15.3 Å². The minimum Gasteiger partial charge on any atom is -0.463 e. The average molecular weight is 340 g/mol. The minimum absolute atomic E-state index is 0.244. The maximum Gasteiger partial charge on any atom is 0.244 e. The molecule has 0 bridgehead atoms. The van der Waals surface area contributed by atoms with Gasteiger partial charge in [0.15, 0.2) is 5.76 Å². The zero-order valence-corrected chi connectivity index (χ0v) is 13.4. The summed E-state index contributed by atoms with van der Waals surface area (Å²) in [6.07, 6.45) is 7.83. The van der Waals surface area contributed by atoms with E-state index in [4.69, 9.17) is 16.0 Å². The van der Waals surface area contributed by atoms with E-state index < -0.39 is 0 Å². The predicted molar refractivity (Wildman–Crippen MR) is 92.1 cm³/mol. The fourth-order valence-corrected chi connectivity index (χ4v) is 2.32. The number of benzene rings is 1. The van der Waals surface area contributed by atoms with Crippen LogP contribution < -0.4 is 5.32 Å². The largest absolute Gasteiger partial charge is 0.463 e. The minimum atomic E-state index is -0.244. The van der Waals surface area contributed by atoms with Gasteiger partial charge in [-0.15, -0.1) is 0 Å². The van der Waals surface area contributed by atoms with Gasteiger partial charge in [0.2, 0.25) is 5.91 Å². The van der Waals surface area contributed by atoms with Gasteiger partial charge in [0.1, 0.15) is 5.69 Å². The van der Waals surface area contributed by atoms with Crippen LogP contribution >= 0.6 is 11.6 Å². The molecule has 0 saturated heterocycles. The van der Waals surface area contributed by atoms with Crippen molar-refractivity contribution in [2.75, 3.05) is 0 Å². The van der Waals surface area contributed by atoms with E-state index >= 15 is 0 Å². The Bertz CT molecular complexity index is 860. The number of rotatable bonds is 5. The van der Waals surface area contributed by atoms with E-state index in [1.165, 1.54) is 6.08 Å². The van der Waals surface area contributed by atoms with Crippen molar-refractivity contribution in [1.29, 1.82) is 0 Å². The van der Waals surface area contributed by atoms with E-state index in [0.29, 0.717) is 22.2 Å². The highest BCUT2D eigenvalue weighted by Gasteiger charge is 2.10. The molecule has 3 aromatic rings. The Morgan fingerprint density at radius 1 is 1.17 bits per heavy atom. The SMILES string of the molecule is O=C(C=Cc1ccccc1Cl)NCc1nccnc1-c1ccco1. The lowest BCUT2D eigenvalue weighted by molar-refractivity contribution is -0.116. The van der Waals surface area contributed by atoms with Gasteiger partial charge in [-0.2, -0.15) is 0 Å². The van der Waals surface area contributed by atoms with Crippen LogP contribution in [0.3, 0.4) is 0 Å². The summed E-state index contributed by atoms with van der Waals surface area (Å²) < 4.78 is 5.34. The molecule has 24 heavy (non-hydrogen) atoms. The molecule has 3 rings (SSSR count). The maximum atomic E-state index is 12.0. The Hall–Kier alpha value is -2.92. The number of hydrogen-bond donors (Lipinski definition) is 1. The van der Waals surface area contributed by atoms with E-state index in [0.717, 1.165) is 5.56 Å². The average Bonchev–Trinajstić information content (AvgIpc) is 3.14. The van der Waals surface area contributed by atoms with Crippen LogP contribution in [0.25, 0.3) is 17.5 Å². The van der Waals surface area contributed by atoms with Crippen LogP contribution in [0.15, 0.2) is 65.5 Å². The van der Waals surface area contributed by atoms with E-state index in [2.05, 4.69) is 15.3 Å². The van der Waals surface area contributed by atoms with E-state index in [1.54, 1.807) is 42.9 Å². The van der Waals surface area contributed by atoms with Gasteiger partial charge in [-0.25, -0.2) is 4.98 Å². The summed E-state index contributed by atoms with van der Waals surface area (Å²) in [5.41, 5.74) is 2.02. The molecule has 0 atom stereocenters. The van der Waals surface area contributed by atoms with Crippen LogP contribution in [0.5, 0.6) is 0 Å². The van der Waals surface area contributed by atoms with Gasteiger partial charge in [0.25, 0.3) is 0 Å². The number of amides is 1. The lowest BCUT2D eigenvalue weighted by atomic mass is 10.2.